The van der Waals surface area contributed by atoms with Crippen molar-refractivity contribution in [3.63, 3.8) is 0 Å². The van der Waals surface area contributed by atoms with Gasteiger partial charge in [0.2, 0.25) is 0 Å². The van der Waals surface area contributed by atoms with Crippen molar-refractivity contribution in [1.82, 2.24) is 0 Å². The molecule has 0 saturated carbocycles. The van der Waals surface area contributed by atoms with E-state index >= 15 is 0 Å². The molecule has 0 aliphatic rings. The summed E-state index contributed by atoms with van der Waals surface area (Å²) < 4.78 is 0. The molecule has 10 heavy (non-hydrogen) atoms. The van der Waals surface area contributed by atoms with E-state index in [9.17, 15) is 0 Å². The third-order valence-electron chi connectivity index (χ3n) is 1.74. The van der Waals surface area contributed by atoms with Gasteiger partial charge in [-0.15, -0.1) is 0 Å². The summed E-state index contributed by atoms with van der Waals surface area (Å²) in [7, 11) is 0. The molecular formula is C9H19N. The Morgan fingerprint density at radius 2 is 2.10 bits per heavy atom. The molecule has 1 unspecified atom stereocenters. The van der Waals surface area contributed by atoms with Gasteiger partial charge in [0.1, 0.15) is 0 Å². The first-order chi connectivity index (χ1) is 4.81. The second-order valence-corrected chi connectivity index (χ2v) is 2.80. The Morgan fingerprint density at radius 1 is 1.40 bits per heavy atom. The van der Waals surface area contributed by atoms with Gasteiger partial charge in [-0.2, -0.15) is 0 Å². The van der Waals surface area contributed by atoms with Gasteiger partial charge in [-0.25, -0.2) is 0 Å². The average Bonchev–Trinajstić information content (AvgIpc) is 1.98. The fourth-order valence-corrected chi connectivity index (χ4v) is 0.709. The van der Waals surface area contributed by atoms with Gasteiger partial charge in [-0.05, 0) is 25.3 Å². The first-order valence-corrected chi connectivity index (χ1v) is 4.16. The SMILES string of the molecule is CCC(C)CC=CCCN. The minimum atomic E-state index is 0.775. The van der Waals surface area contributed by atoms with Crippen LogP contribution in [0.3, 0.4) is 0 Å². The molecule has 0 spiro atoms. The van der Waals surface area contributed by atoms with Crippen molar-refractivity contribution in [3.8, 4) is 0 Å². The van der Waals surface area contributed by atoms with E-state index < -0.39 is 0 Å². The third kappa shape index (κ3) is 5.83. The van der Waals surface area contributed by atoms with Crippen LogP contribution in [0.25, 0.3) is 0 Å². The van der Waals surface area contributed by atoms with E-state index in [1.807, 2.05) is 0 Å². The Morgan fingerprint density at radius 3 is 2.60 bits per heavy atom. The molecular weight excluding hydrogens is 122 g/mol. The lowest BCUT2D eigenvalue weighted by atomic mass is 10.1. The summed E-state index contributed by atoms with van der Waals surface area (Å²) in [5.41, 5.74) is 5.33. The van der Waals surface area contributed by atoms with Gasteiger partial charge < -0.3 is 5.73 Å². The van der Waals surface area contributed by atoms with Crippen LogP contribution in [-0.2, 0) is 0 Å². The summed E-state index contributed by atoms with van der Waals surface area (Å²) in [6, 6.07) is 0. The molecule has 0 aromatic rings. The summed E-state index contributed by atoms with van der Waals surface area (Å²) in [5.74, 6) is 0.828. The fraction of sp³-hybridized carbons (Fsp3) is 0.778. The van der Waals surface area contributed by atoms with Crippen LogP contribution in [0, 0.1) is 5.92 Å². The Labute approximate surface area is 64.3 Å². The normalized spacial score (nSPS) is 14.3. The third-order valence-corrected chi connectivity index (χ3v) is 1.74. The van der Waals surface area contributed by atoms with E-state index in [1.165, 1.54) is 12.8 Å². The maximum Gasteiger partial charge on any atom is -0.00426 e. The zero-order valence-corrected chi connectivity index (χ0v) is 7.14. The molecule has 0 heterocycles. The summed E-state index contributed by atoms with van der Waals surface area (Å²) in [6.07, 6.45) is 7.91. The lowest BCUT2D eigenvalue weighted by Crippen LogP contribution is -1.95. The number of hydrogen-bond acceptors (Lipinski definition) is 1. The largest absolute Gasteiger partial charge is 0.330 e. The first kappa shape index (κ1) is 9.70. The van der Waals surface area contributed by atoms with Crippen molar-refractivity contribution in [2.45, 2.75) is 33.1 Å². The highest BCUT2D eigenvalue weighted by molar-refractivity contribution is 4.82. The maximum absolute atomic E-state index is 5.33. The monoisotopic (exact) mass is 141 g/mol. The van der Waals surface area contributed by atoms with Crippen molar-refractivity contribution in [1.29, 1.82) is 0 Å². The number of allylic oxidation sites excluding steroid dienone is 1. The molecule has 0 aromatic heterocycles. The van der Waals surface area contributed by atoms with Gasteiger partial charge in [0, 0.05) is 0 Å². The smallest absolute Gasteiger partial charge is 0.00426 e. The second-order valence-electron chi connectivity index (χ2n) is 2.80. The molecule has 0 aromatic carbocycles. The lowest BCUT2D eigenvalue weighted by Gasteiger charge is -2.01. The predicted octanol–water partition coefficient (Wildman–Crippen LogP) is 2.33. The fourth-order valence-electron chi connectivity index (χ4n) is 0.709. The van der Waals surface area contributed by atoms with E-state index in [1.54, 1.807) is 0 Å². The van der Waals surface area contributed by atoms with Crippen molar-refractivity contribution in [2.24, 2.45) is 11.7 Å². The van der Waals surface area contributed by atoms with Gasteiger partial charge in [0.05, 0.1) is 0 Å². The van der Waals surface area contributed by atoms with E-state index in [4.69, 9.17) is 5.73 Å². The molecule has 2 N–H and O–H groups in total. The Hall–Kier alpha value is -0.300. The van der Waals surface area contributed by atoms with Crippen LogP contribution in [0.1, 0.15) is 33.1 Å². The first-order valence-electron chi connectivity index (χ1n) is 4.16. The highest BCUT2D eigenvalue weighted by Crippen LogP contribution is 2.06. The molecule has 0 amide bonds. The van der Waals surface area contributed by atoms with Crippen molar-refractivity contribution >= 4 is 0 Å². The van der Waals surface area contributed by atoms with Gasteiger partial charge in [0.25, 0.3) is 0 Å². The van der Waals surface area contributed by atoms with Gasteiger partial charge in [-0.3, -0.25) is 0 Å². The Kier molecular flexibility index (Phi) is 6.61. The zero-order chi connectivity index (χ0) is 7.82. The van der Waals surface area contributed by atoms with Crippen LogP contribution in [0.5, 0.6) is 0 Å². The molecule has 1 nitrogen and oxygen atoms in total. The van der Waals surface area contributed by atoms with Crippen molar-refractivity contribution in [3.05, 3.63) is 12.2 Å². The standard InChI is InChI=1S/C9H19N/c1-3-9(2)7-5-4-6-8-10/h4-5,9H,3,6-8,10H2,1-2H3. The van der Waals surface area contributed by atoms with Crippen molar-refractivity contribution in [2.75, 3.05) is 6.54 Å². The molecule has 0 fully saturated rings. The van der Waals surface area contributed by atoms with Gasteiger partial charge >= 0.3 is 0 Å². The molecule has 0 bridgehead atoms. The predicted molar refractivity (Wildman–Crippen MR) is 46.9 cm³/mol. The Balaban J connectivity index is 3.16. The summed E-state index contributed by atoms with van der Waals surface area (Å²) in [5, 5.41) is 0. The number of hydrogen-bond donors (Lipinski definition) is 1. The highest BCUT2D eigenvalue weighted by Gasteiger charge is 1.92. The van der Waals surface area contributed by atoms with Crippen LogP contribution in [0.2, 0.25) is 0 Å². The summed E-state index contributed by atoms with van der Waals surface area (Å²) in [6.45, 7) is 5.27. The molecule has 60 valence electrons. The van der Waals surface area contributed by atoms with Gasteiger partial charge in [-0.1, -0.05) is 32.4 Å². The lowest BCUT2D eigenvalue weighted by molar-refractivity contribution is 0.571. The van der Waals surface area contributed by atoms with E-state index in [-0.39, 0.29) is 0 Å². The van der Waals surface area contributed by atoms with Crippen LogP contribution < -0.4 is 5.73 Å². The highest BCUT2D eigenvalue weighted by atomic mass is 14.5. The van der Waals surface area contributed by atoms with E-state index in [0.717, 1.165) is 18.9 Å². The molecule has 0 rings (SSSR count). The van der Waals surface area contributed by atoms with Crippen LogP contribution in [0.4, 0.5) is 0 Å². The minimum Gasteiger partial charge on any atom is -0.330 e. The summed E-state index contributed by atoms with van der Waals surface area (Å²) in [4.78, 5) is 0. The molecule has 1 heteroatoms. The topological polar surface area (TPSA) is 26.0 Å². The Bertz CT molecular complexity index is 86.7. The maximum atomic E-state index is 5.33. The second kappa shape index (κ2) is 6.81. The molecule has 1 atom stereocenters. The number of nitrogens with two attached hydrogens (primary N) is 1. The molecule has 0 aliphatic heterocycles. The summed E-state index contributed by atoms with van der Waals surface area (Å²) >= 11 is 0. The van der Waals surface area contributed by atoms with E-state index in [2.05, 4.69) is 26.0 Å². The zero-order valence-electron chi connectivity index (χ0n) is 7.14. The van der Waals surface area contributed by atoms with E-state index in [0.29, 0.717) is 0 Å². The average molecular weight is 141 g/mol. The van der Waals surface area contributed by atoms with Crippen molar-refractivity contribution < 1.29 is 0 Å². The minimum absolute atomic E-state index is 0.775. The van der Waals surface area contributed by atoms with Crippen LogP contribution >= 0.6 is 0 Å². The van der Waals surface area contributed by atoms with Gasteiger partial charge in [0.15, 0.2) is 0 Å². The molecule has 0 saturated heterocycles. The van der Waals surface area contributed by atoms with Crippen LogP contribution in [0.15, 0.2) is 12.2 Å². The molecule has 0 aliphatic carbocycles. The van der Waals surface area contributed by atoms with Crippen LogP contribution in [-0.4, -0.2) is 6.54 Å². The molecule has 0 radical (unpaired) electrons. The quantitative estimate of drug-likeness (QED) is 0.584. The number of rotatable bonds is 5.